The summed E-state index contributed by atoms with van der Waals surface area (Å²) in [6, 6.07) is 8.64. The number of nitrogens with zero attached hydrogens (tertiary/aromatic N) is 5. The van der Waals surface area contributed by atoms with E-state index in [1.54, 1.807) is 12.4 Å². The molecule has 6 aromatic rings. The SMILES string of the molecule is Nc1ncnc2c1ncn2Cc1cc(Cl)cc2cc(CNC(=O)c3ccc4[nH]ncc4c3F)[nH]c12. The lowest BCUT2D eigenvalue weighted by molar-refractivity contribution is 0.0947. The van der Waals surface area contributed by atoms with Crippen molar-refractivity contribution in [3.63, 3.8) is 0 Å². The lowest BCUT2D eigenvalue weighted by Crippen LogP contribution is -2.24. The molecule has 0 atom stereocenters. The number of imidazole rings is 1. The smallest absolute Gasteiger partial charge is 0.254 e. The van der Waals surface area contributed by atoms with Gasteiger partial charge in [0, 0.05) is 16.1 Å². The van der Waals surface area contributed by atoms with Gasteiger partial charge < -0.3 is 20.6 Å². The molecule has 0 saturated carbocycles. The summed E-state index contributed by atoms with van der Waals surface area (Å²) in [5.74, 6) is -0.826. The van der Waals surface area contributed by atoms with Crippen molar-refractivity contribution in [2.75, 3.05) is 5.73 Å². The number of carbonyl (C=O) groups excluding carboxylic acids is 1. The van der Waals surface area contributed by atoms with E-state index >= 15 is 0 Å². The maximum Gasteiger partial charge on any atom is 0.254 e. The molecule has 4 heterocycles. The number of carbonyl (C=O) groups is 1. The third-order valence-corrected chi connectivity index (χ3v) is 6.06. The molecule has 1 amide bonds. The predicted molar refractivity (Wildman–Crippen MR) is 129 cm³/mol. The van der Waals surface area contributed by atoms with Gasteiger partial charge in [-0.05, 0) is 35.9 Å². The number of benzene rings is 2. The highest BCUT2D eigenvalue weighted by Crippen LogP contribution is 2.27. The number of anilines is 1. The Labute approximate surface area is 201 Å². The summed E-state index contributed by atoms with van der Waals surface area (Å²) in [4.78, 5) is 28.6. The van der Waals surface area contributed by atoms with Crippen molar-refractivity contribution in [1.82, 2.24) is 40.0 Å². The van der Waals surface area contributed by atoms with Crippen molar-refractivity contribution in [2.45, 2.75) is 13.1 Å². The molecule has 0 bridgehead atoms. The number of aromatic amines is 2. The Bertz CT molecular complexity index is 1750. The average Bonchev–Trinajstić information content (AvgIpc) is 3.57. The Kier molecular flexibility index (Phi) is 4.85. The molecule has 0 aliphatic carbocycles. The van der Waals surface area contributed by atoms with E-state index in [4.69, 9.17) is 17.3 Å². The number of halogens is 2. The van der Waals surface area contributed by atoms with E-state index in [0.717, 1.165) is 22.2 Å². The summed E-state index contributed by atoms with van der Waals surface area (Å²) in [7, 11) is 0. The predicted octanol–water partition coefficient (Wildman–Crippen LogP) is 3.54. The topological polar surface area (TPSA) is 143 Å². The van der Waals surface area contributed by atoms with Crippen molar-refractivity contribution in [3.05, 3.63) is 76.8 Å². The Balaban J connectivity index is 1.27. The van der Waals surface area contributed by atoms with Crippen LogP contribution in [0.4, 0.5) is 10.2 Å². The molecule has 6 rings (SSSR count). The second kappa shape index (κ2) is 8.06. The number of amides is 1. The van der Waals surface area contributed by atoms with Crippen LogP contribution in [-0.2, 0) is 13.1 Å². The lowest BCUT2D eigenvalue weighted by Gasteiger charge is -2.07. The molecule has 0 spiro atoms. The van der Waals surface area contributed by atoms with Crippen LogP contribution in [0.2, 0.25) is 5.02 Å². The molecule has 0 aliphatic heterocycles. The van der Waals surface area contributed by atoms with Crippen molar-refractivity contribution in [2.24, 2.45) is 0 Å². The van der Waals surface area contributed by atoms with Crippen LogP contribution >= 0.6 is 11.6 Å². The van der Waals surface area contributed by atoms with Gasteiger partial charge in [0.05, 0.1) is 47.6 Å². The zero-order chi connectivity index (χ0) is 24.1. The highest BCUT2D eigenvalue weighted by Gasteiger charge is 2.16. The second-order valence-corrected chi connectivity index (χ2v) is 8.50. The molecular formula is C23H17ClFN9O. The third kappa shape index (κ3) is 3.62. The molecule has 0 radical (unpaired) electrons. The first-order valence-corrected chi connectivity index (χ1v) is 11.0. The van der Waals surface area contributed by atoms with Gasteiger partial charge in [0.1, 0.15) is 17.7 Å². The van der Waals surface area contributed by atoms with E-state index in [1.165, 1.54) is 18.6 Å². The van der Waals surface area contributed by atoms with Gasteiger partial charge in [-0.25, -0.2) is 19.3 Å². The number of rotatable bonds is 5. The number of nitrogens with one attached hydrogen (secondary N) is 3. The first-order valence-electron chi connectivity index (χ1n) is 10.6. The molecule has 12 heteroatoms. The lowest BCUT2D eigenvalue weighted by atomic mass is 10.1. The monoisotopic (exact) mass is 489 g/mol. The molecule has 0 aliphatic rings. The molecule has 5 N–H and O–H groups in total. The molecule has 2 aromatic carbocycles. The van der Waals surface area contributed by atoms with Crippen LogP contribution in [0.1, 0.15) is 21.6 Å². The van der Waals surface area contributed by atoms with Gasteiger partial charge in [-0.1, -0.05) is 11.6 Å². The van der Waals surface area contributed by atoms with Crippen LogP contribution in [0.15, 0.2) is 49.2 Å². The highest BCUT2D eigenvalue weighted by molar-refractivity contribution is 6.31. The van der Waals surface area contributed by atoms with E-state index in [-0.39, 0.29) is 17.5 Å². The standard InChI is InChI=1S/C23H17ClFN9O/c24-13-3-11-5-14(6-27-23(35)15-1-2-17-16(18(15)25)7-31-33-17)32-19(11)12(4-13)8-34-10-30-20-21(26)28-9-29-22(20)34/h1-5,7,9-10,32H,6,8H2,(H,27,35)(H,31,33)(H2,26,28,29). The average molecular weight is 490 g/mol. The molecule has 0 unspecified atom stereocenters. The maximum absolute atomic E-state index is 14.7. The molecule has 10 nitrogen and oxygen atoms in total. The molecular weight excluding hydrogens is 473 g/mol. The van der Waals surface area contributed by atoms with Crippen molar-refractivity contribution in [3.8, 4) is 0 Å². The summed E-state index contributed by atoms with van der Waals surface area (Å²) >= 11 is 6.38. The molecule has 4 aromatic heterocycles. The van der Waals surface area contributed by atoms with Crippen LogP contribution in [-0.4, -0.2) is 40.6 Å². The number of nitrogens with two attached hydrogens (primary N) is 1. The molecule has 174 valence electrons. The summed E-state index contributed by atoms with van der Waals surface area (Å²) in [6.45, 7) is 0.609. The Morgan fingerprint density at radius 2 is 2.09 bits per heavy atom. The first kappa shape index (κ1) is 21.1. The van der Waals surface area contributed by atoms with Crippen LogP contribution < -0.4 is 11.1 Å². The van der Waals surface area contributed by atoms with E-state index in [0.29, 0.717) is 34.1 Å². The Morgan fingerprint density at radius 3 is 2.97 bits per heavy atom. The zero-order valence-electron chi connectivity index (χ0n) is 18.0. The summed E-state index contributed by atoms with van der Waals surface area (Å²) in [5.41, 5.74) is 10.0. The summed E-state index contributed by atoms with van der Waals surface area (Å²) < 4.78 is 16.5. The Hall–Kier alpha value is -4.51. The van der Waals surface area contributed by atoms with Crippen LogP contribution in [0.25, 0.3) is 33.0 Å². The molecule has 35 heavy (non-hydrogen) atoms. The van der Waals surface area contributed by atoms with Gasteiger partial charge in [-0.2, -0.15) is 5.10 Å². The number of aromatic nitrogens is 7. The van der Waals surface area contributed by atoms with Gasteiger partial charge in [0.15, 0.2) is 11.5 Å². The molecule has 0 saturated heterocycles. The minimum atomic E-state index is -0.614. The van der Waals surface area contributed by atoms with Gasteiger partial charge in [-0.15, -0.1) is 0 Å². The van der Waals surface area contributed by atoms with Crippen LogP contribution in [0.5, 0.6) is 0 Å². The minimum absolute atomic E-state index is 0.0491. The van der Waals surface area contributed by atoms with Crippen molar-refractivity contribution < 1.29 is 9.18 Å². The normalized spacial score (nSPS) is 11.6. The number of hydrogen-bond donors (Lipinski definition) is 4. The van der Waals surface area contributed by atoms with E-state index in [2.05, 4.69) is 35.5 Å². The fourth-order valence-electron chi connectivity index (χ4n) is 4.18. The van der Waals surface area contributed by atoms with Gasteiger partial charge in [0.2, 0.25) is 0 Å². The van der Waals surface area contributed by atoms with Crippen LogP contribution in [0.3, 0.4) is 0 Å². The van der Waals surface area contributed by atoms with Gasteiger partial charge in [-0.3, -0.25) is 9.89 Å². The second-order valence-electron chi connectivity index (χ2n) is 8.07. The van der Waals surface area contributed by atoms with E-state index in [9.17, 15) is 9.18 Å². The quantitative estimate of drug-likeness (QED) is 0.291. The fraction of sp³-hybridized carbons (Fsp3) is 0.0870. The van der Waals surface area contributed by atoms with E-state index in [1.807, 2.05) is 22.8 Å². The summed E-state index contributed by atoms with van der Waals surface area (Å²) in [6.07, 6.45) is 4.40. The Morgan fingerprint density at radius 1 is 1.20 bits per heavy atom. The number of nitrogen functional groups attached to an aromatic ring is 1. The van der Waals surface area contributed by atoms with Crippen molar-refractivity contribution in [1.29, 1.82) is 0 Å². The van der Waals surface area contributed by atoms with Crippen molar-refractivity contribution >= 4 is 56.3 Å². The largest absolute Gasteiger partial charge is 0.382 e. The summed E-state index contributed by atoms with van der Waals surface area (Å²) in [5, 5.41) is 11.0. The van der Waals surface area contributed by atoms with Gasteiger partial charge >= 0.3 is 0 Å². The third-order valence-electron chi connectivity index (χ3n) is 5.84. The number of H-pyrrole nitrogens is 2. The van der Waals surface area contributed by atoms with E-state index < -0.39 is 11.7 Å². The van der Waals surface area contributed by atoms with Gasteiger partial charge in [0.25, 0.3) is 5.91 Å². The van der Waals surface area contributed by atoms with Crippen LogP contribution in [0, 0.1) is 5.82 Å². The zero-order valence-corrected chi connectivity index (χ0v) is 18.8. The minimum Gasteiger partial charge on any atom is -0.382 e. The maximum atomic E-state index is 14.7. The molecule has 0 fully saturated rings. The highest BCUT2D eigenvalue weighted by atomic mass is 35.5. The number of hydrogen-bond acceptors (Lipinski definition) is 6. The first-order chi connectivity index (χ1) is 17.0. The fourth-order valence-corrected chi connectivity index (χ4v) is 4.43. The number of fused-ring (bicyclic) bond motifs is 3.